The van der Waals surface area contributed by atoms with Crippen LogP contribution < -0.4 is 14.8 Å². The third-order valence-electron chi connectivity index (χ3n) is 5.16. The number of carbonyl (C=O) groups is 2. The number of halogens is 3. The Morgan fingerprint density at radius 2 is 1.42 bits per heavy atom. The average Bonchev–Trinajstić information content (AvgIpc) is 2.88. The molecule has 0 atom stereocenters. The van der Waals surface area contributed by atoms with Gasteiger partial charge in [0.2, 0.25) is 0 Å². The van der Waals surface area contributed by atoms with E-state index in [0.29, 0.717) is 10.6 Å². The lowest BCUT2D eigenvalue weighted by Crippen LogP contribution is -2.21. The second kappa shape index (κ2) is 11.9. The first-order chi connectivity index (χ1) is 18.1. The highest BCUT2D eigenvalue weighted by Gasteiger charge is 2.17. The molecule has 7 nitrogen and oxygen atoms in total. The molecular formula is C27H19Cl3N2O5S. The molecule has 0 heterocycles. The molecule has 2 N–H and O–H groups in total. The van der Waals surface area contributed by atoms with Crippen LogP contribution in [0.4, 0.5) is 11.4 Å². The molecule has 4 rings (SSSR count). The quantitative estimate of drug-likeness (QED) is 0.212. The molecule has 4 aromatic rings. The number of carbonyl (C=O) groups excluding carboxylic acids is 2. The highest BCUT2D eigenvalue weighted by Crippen LogP contribution is 2.26. The lowest BCUT2D eigenvalue weighted by atomic mass is 10.0. The molecule has 0 radical (unpaired) electrons. The minimum absolute atomic E-state index is 0.0318. The van der Waals surface area contributed by atoms with Crippen LogP contribution in [0.3, 0.4) is 0 Å². The Morgan fingerprint density at radius 1 is 0.763 bits per heavy atom. The molecule has 0 unspecified atom stereocenters. The maximum absolute atomic E-state index is 12.9. The van der Waals surface area contributed by atoms with Crippen molar-refractivity contribution in [3.63, 3.8) is 0 Å². The Bertz CT molecular complexity index is 1580. The number of ketones is 1. The van der Waals surface area contributed by atoms with Gasteiger partial charge < -0.3 is 10.1 Å². The van der Waals surface area contributed by atoms with E-state index in [0.717, 1.165) is 0 Å². The van der Waals surface area contributed by atoms with E-state index in [-0.39, 0.29) is 50.0 Å². The first kappa shape index (κ1) is 27.5. The normalized spacial score (nSPS) is 11.0. The van der Waals surface area contributed by atoms with Crippen molar-refractivity contribution in [2.75, 3.05) is 16.6 Å². The van der Waals surface area contributed by atoms with Crippen molar-refractivity contribution < 1.29 is 22.7 Å². The molecule has 0 saturated carbocycles. The van der Waals surface area contributed by atoms with Crippen molar-refractivity contribution in [3.8, 4) is 5.75 Å². The summed E-state index contributed by atoms with van der Waals surface area (Å²) in [5.41, 5.74) is 1.18. The molecule has 0 aliphatic rings. The van der Waals surface area contributed by atoms with Crippen LogP contribution in [-0.4, -0.2) is 26.7 Å². The predicted octanol–water partition coefficient (Wildman–Crippen LogP) is 6.70. The largest absolute Gasteiger partial charge is 0.484 e. The van der Waals surface area contributed by atoms with Gasteiger partial charge in [-0.15, -0.1) is 0 Å². The maximum Gasteiger partial charge on any atom is 0.262 e. The molecule has 0 saturated heterocycles. The fourth-order valence-corrected chi connectivity index (χ4v) is 5.17. The molecule has 0 aliphatic carbocycles. The zero-order valence-electron chi connectivity index (χ0n) is 19.5. The number of anilines is 2. The van der Waals surface area contributed by atoms with E-state index in [1.807, 2.05) is 0 Å². The number of rotatable bonds is 9. The Hall–Kier alpha value is -3.56. The van der Waals surface area contributed by atoms with Crippen molar-refractivity contribution in [2.24, 2.45) is 0 Å². The SMILES string of the molecule is O=C(COc1ccc(S(=O)(=O)Nc2cc(Cl)cc(Cl)c2)cc1)Nc1ccc(Cl)cc1C(=O)c1ccccc1. The van der Waals surface area contributed by atoms with Gasteiger partial charge in [0.1, 0.15) is 5.75 Å². The van der Waals surface area contributed by atoms with Crippen molar-refractivity contribution in [1.29, 1.82) is 0 Å². The molecule has 0 fully saturated rings. The van der Waals surface area contributed by atoms with Gasteiger partial charge >= 0.3 is 0 Å². The summed E-state index contributed by atoms with van der Waals surface area (Å²) in [5.74, 6) is -0.554. The number of sulfonamides is 1. The topological polar surface area (TPSA) is 102 Å². The van der Waals surface area contributed by atoms with Gasteiger partial charge in [0.15, 0.2) is 12.4 Å². The van der Waals surface area contributed by atoms with Crippen LogP contribution in [0.1, 0.15) is 15.9 Å². The van der Waals surface area contributed by atoms with E-state index in [9.17, 15) is 18.0 Å². The summed E-state index contributed by atoms with van der Waals surface area (Å²) in [6, 6.07) is 23.0. The van der Waals surface area contributed by atoms with E-state index in [4.69, 9.17) is 39.5 Å². The Morgan fingerprint density at radius 3 is 2.08 bits per heavy atom. The third-order valence-corrected chi connectivity index (χ3v) is 7.22. The zero-order valence-corrected chi connectivity index (χ0v) is 22.5. The molecule has 11 heteroatoms. The molecular weight excluding hydrogens is 571 g/mol. The number of amides is 1. The van der Waals surface area contributed by atoms with E-state index in [1.54, 1.807) is 36.4 Å². The van der Waals surface area contributed by atoms with Crippen molar-refractivity contribution >= 4 is 67.9 Å². The van der Waals surface area contributed by atoms with E-state index < -0.39 is 15.9 Å². The Balaban J connectivity index is 1.40. The molecule has 194 valence electrons. The minimum Gasteiger partial charge on any atom is -0.484 e. The van der Waals surface area contributed by atoms with Gasteiger partial charge in [-0.2, -0.15) is 0 Å². The van der Waals surface area contributed by atoms with Crippen molar-refractivity contribution in [3.05, 3.63) is 117 Å². The molecule has 4 aromatic carbocycles. The molecule has 0 aliphatic heterocycles. The maximum atomic E-state index is 12.9. The van der Waals surface area contributed by atoms with E-state index >= 15 is 0 Å². The first-order valence-corrected chi connectivity index (χ1v) is 13.6. The van der Waals surface area contributed by atoms with Crippen LogP contribution in [0.25, 0.3) is 0 Å². The minimum atomic E-state index is -3.92. The molecule has 38 heavy (non-hydrogen) atoms. The van der Waals surface area contributed by atoms with E-state index in [2.05, 4.69) is 10.0 Å². The lowest BCUT2D eigenvalue weighted by molar-refractivity contribution is -0.118. The molecule has 1 amide bonds. The Labute approximate surface area is 234 Å². The van der Waals surface area contributed by atoms with Gasteiger partial charge in [0, 0.05) is 26.2 Å². The lowest BCUT2D eigenvalue weighted by Gasteiger charge is -2.12. The van der Waals surface area contributed by atoms with Gasteiger partial charge in [-0.05, 0) is 60.7 Å². The van der Waals surface area contributed by atoms with Gasteiger partial charge in [0.25, 0.3) is 15.9 Å². The average molecular weight is 590 g/mol. The number of hydrogen-bond donors (Lipinski definition) is 2. The van der Waals surface area contributed by atoms with Gasteiger partial charge in [-0.3, -0.25) is 14.3 Å². The number of benzene rings is 4. The second-order valence-electron chi connectivity index (χ2n) is 7.96. The summed E-state index contributed by atoms with van der Waals surface area (Å²) >= 11 is 17.9. The smallest absolute Gasteiger partial charge is 0.262 e. The fraction of sp³-hybridized carbons (Fsp3) is 0.0370. The summed E-state index contributed by atoms with van der Waals surface area (Å²) in [7, 11) is -3.92. The van der Waals surface area contributed by atoms with Crippen LogP contribution in [0, 0.1) is 0 Å². The summed E-state index contributed by atoms with van der Waals surface area (Å²) in [5, 5.41) is 3.58. The summed E-state index contributed by atoms with van der Waals surface area (Å²) in [6.45, 7) is -0.382. The van der Waals surface area contributed by atoms with Crippen LogP contribution in [-0.2, 0) is 14.8 Å². The van der Waals surface area contributed by atoms with Gasteiger partial charge in [0.05, 0.1) is 16.3 Å². The summed E-state index contributed by atoms with van der Waals surface area (Å²) in [6.07, 6.45) is 0. The molecule has 0 spiro atoms. The van der Waals surface area contributed by atoms with Gasteiger partial charge in [-0.25, -0.2) is 8.42 Å². The fourth-order valence-electron chi connectivity index (χ4n) is 3.44. The second-order valence-corrected chi connectivity index (χ2v) is 10.9. The third kappa shape index (κ3) is 7.05. The van der Waals surface area contributed by atoms with Crippen LogP contribution in [0.2, 0.25) is 15.1 Å². The van der Waals surface area contributed by atoms with Gasteiger partial charge in [-0.1, -0.05) is 65.1 Å². The van der Waals surface area contributed by atoms with E-state index in [1.165, 1.54) is 54.6 Å². The number of nitrogens with one attached hydrogen (secondary N) is 2. The molecule has 0 aromatic heterocycles. The molecule has 0 bridgehead atoms. The number of hydrogen-bond acceptors (Lipinski definition) is 5. The zero-order chi connectivity index (χ0) is 27.3. The number of ether oxygens (including phenoxy) is 1. The first-order valence-electron chi connectivity index (χ1n) is 11.0. The highest BCUT2D eigenvalue weighted by molar-refractivity contribution is 7.92. The standard InChI is InChI=1S/C27H19Cl3N2O5S/c28-18-6-11-25(24(15-18)27(34)17-4-2-1-3-5-17)31-26(33)16-37-22-7-9-23(10-8-22)38(35,36)32-21-13-19(29)12-20(30)14-21/h1-15,32H,16H2,(H,31,33). The van der Waals surface area contributed by atoms with Crippen LogP contribution in [0.5, 0.6) is 5.75 Å². The van der Waals surface area contributed by atoms with Crippen LogP contribution in [0.15, 0.2) is 95.9 Å². The summed E-state index contributed by atoms with van der Waals surface area (Å²) < 4.78 is 33.3. The highest BCUT2D eigenvalue weighted by atomic mass is 35.5. The van der Waals surface area contributed by atoms with Crippen molar-refractivity contribution in [1.82, 2.24) is 0 Å². The summed E-state index contributed by atoms with van der Waals surface area (Å²) in [4.78, 5) is 25.5. The van der Waals surface area contributed by atoms with Crippen molar-refractivity contribution in [2.45, 2.75) is 4.90 Å². The van der Waals surface area contributed by atoms with Crippen LogP contribution >= 0.6 is 34.8 Å². The predicted molar refractivity (Wildman–Crippen MR) is 149 cm³/mol. The monoisotopic (exact) mass is 588 g/mol. The Kier molecular flexibility index (Phi) is 8.58.